The van der Waals surface area contributed by atoms with E-state index in [0.717, 1.165) is 51.6 Å². The number of nitrogens with zero attached hydrogens (tertiary/aromatic N) is 1. The monoisotopic (exact) mass is 294 g/mol. The van der Waals surface area contributed by atoms with E-state index >= 15 is 0 Å². The Morgan fingerprint density at radius 3 is 2.14 bits per heavy atom. The van der Waals surface area contributed by atoms with E-state index in [1.54, 1.807) is 0 Å². The lowest BCUT2D eigenvalue weighted by molar-refractivity contribution is 0.0750. The van der Waals surface area contributed by atoms with Crippen LogP contribution in [0.5, 0.6) is 0 Å². The third-order valence-corrected chi connectivity index (χ3v) is 3.59. The first-order valence-electron chi connectivity index (χ1n) is 7.94. The summed E-state index contributed by atoms with van der Waals surface area (Å²) in [7, 11) is 0. The van der Waals surface area contributed by atoms with Crippen molar-refractivity contribution in [1.82, 2.24) is 4.90 Å². The van der Waals surface area contributed by atoms with Crippen molar-refractivity contribution in [3.8, 4) is 0 Å². The Balaban J connectivity index is 2.76. The van der Waals surface area contributed by atoms with Crippen molar-refractivity contribution < 1.29 is 9.18 Å². The summed E-state index contributed by atoms with van der Waals surface area (Å²) >= 11 is 0. The lowest BCUT2D eigenvalue weighted by atomic mass is 10.1. The lowest BCUT2D eigenvalue weighted by Crippen LogP contribution is -2.33. The van der Waals surface area contributed by atoms with Crippen molar-refractivity contribution in [2.24, 2.45) is 0 Å². The molecule has 2 N–H and O–H groups in total. The van der Waals surface area contributed by atoms with Gasteiger partial charge in [-0.25, -0.2) is 4.39 Å². The topological polar surface area (TPSA) is 46.3 Å². The highest BCUT2D eigenvalue weighted by Crippen LogP contribution is 2.17. The second-order valence-corrected chi connectivity index (χ2v) is 5.44. The van der Waals surface area contributed by atoms with Crippen molar-refractivity contribution >= 4 is 11.6 Å². The van der Waals surface area contributed by atoms with Gasteiger partial charge in [-0.1, -0.05) is 39.5 Å². The van der Waals surface area contributed by atoms with Crippen LogP contribution in [0.15, 0.2) is 18.2 Å². The maximum Gasteiger partial charge on any atom is 0.255 e. The third-order valence-electron chi connectivity index (χ3n) is 3.59. The van der Waals surface area contributed by atoms with E-state index in [-0.39, 0.29) is 11.6 Å². The minimum atomic E-state index is -0.410. The average Bonchev–Trinajstić information content (AvgIpc) is 2.45. The summed E-state index contributed by atoms with van der Waals surface area (Å²) in [5.74, 6) is -0.493. The molecule has 0 unspecified atom stereocenters. The van der Waals surface area contributed by atoms with Crippen molar-refractivity contribution in [2.75, 3.05) is 18.8 Å². The van der Waals surface area contributed by atoms with Gasteiger partial charge in [0.1, 0.15) is 5.82 Å². The first kappa shape index (κ1) is 17.5. The average molecular weight is 294 g/mol. The minimum Gasteiger partial charge on any atom is -0.398 e. The quantitative estimate of drug-likeness (QED) is 0.547. The normalized spacial score (nSPS) is 10.6. The van der Waals surface area contributed by atoms with Gasteiger partial charge in [0.25, 0.3) is 5.91 Å². The summed E-state index contributed by atoms with van der Waals surface area (Å²) in [5.41, 5.74) is 6.41. The molecule has 21 heavy (non-hydrogen) atoms. The fraction of sp³-hybridized carbons (Fsp3) is 0.588. The third kappa shape index (κ3) is 5.74. The molecule has 1 rings (SSSR count). The first-order valence-corrected chi connectivity index (χ1v) is 7.94. The highest BCUT2D eigenvalue weighted by atomic mass is 19.1. The van der Waals surface area contributed by atoms with E-state index in [9.17, 15) is 9.18 Å². The standard InChI is InChI=1S/C17H27FN2O/c1-3-5-7-11-20(12-8-6-4-2)17(21)15-10-9-14(18)13-16(15)19/h9-10,13H,3-8,11-12,19H2,1-2H3. The second-order valence-electron chi connectivity index (χ2n) is 5.44. The van der Waals surface area contributed by atoms with Crippen LogP contribution in [0.4, 0.5) is 10.1 Å². The molecule has 0 aliphatic heterocycles. The zero-order valence-electron chi connectivity index (χ0n) is 13.2. The van der Waals surface area contributed by atoms with Crippen LogP contribution >= 0.6 is 0 Å². The van der Waals surface area contributed by atoms with Crippen LogP contribution in [0, 0.1) is 5.82 Å². The molecule has 0 radical (unpaired) electrons. The molecule has 0 bridgehead atoms. The number of hydrogen-bond donors (Lipinski definition) is 1. The lowest BCUT2D eigenvalue weighted by Gasteiger charge is -2.23. The molecule has 0 aliphatic carbocycles. The molecule has 3 nitrogen and oxygen atoms in total. The number of carbonyl (C=O) groups excluding carboxylic acids is 1. The molecule has 1 aromatic carbocycles. The number of unbranched alkanes of at least 4 members (excludes halogenated alkanes) is 4. The molecule has 0 saturated heterocycles. The summed E-state index contributed by atoms with van der Waals surface area (Å²) in [4.78, 5) is 14.4. The molecule has 118 valence electrons. The number of hydrogen-bond acceptors (Lipinski definition) is 2. The van der Waals surface area contributed by atoms with E-state index in [0.29, 0.717) is 5.56 Å². The van der Waals surface area contributed by atoms with E-state index in [1.807, 2.05) is 4.90 Å². The van der Waals surface area contributed by atoms with Crippen LogP contribution in [0.2, 0.25) is 0 Å². The number of anilines is 1. The first-order chi connectivity index (χ1) is 10.1. The Morgan fingerprint density at radius 2 is 1.67 bits per heavy atom. The Kier molecular flexibility index (Phi) is 7.80. The molecule has 0 heterocycles. The van der Waals surface area contributed by atoms with Crippen LogP contribution in [0.3, 0.4) is 0 Å². The number of benzene rings is 1. The van der Waals surface area contributed by atoms with Gasteiger partial charge in [-0.15, -0.1) is 0 Å². The van der Waals surface area contributed by atoms with E-state index in [2.05, 4.69) is 13.8 Å². The SMILES string of the molecule is CCCCCN(CCCCC)C(=O)c1ccc(F)cc1N. The molecular formula is C17H27FN2O. The number of nitrogen functional groups attached to an aromatic ring is 1. The van der Waals surface area contributed by atoms with Gasteiger partial charge in [0.2, 0.25) is 0 Å². The van der Waals surface area contributed by atoms with Crippen LogP contribution in [-0.2, 0) is 0 Å². The summed E-state index contributed by atoms with van der Waals surface area (Å²) in [6, 6.07) is 3.99. The summed E-state index contributed by atoms with van der Waals surface area (Å²) in [5, 5.41) is 0. The maximum atomic E-state index is 13.1. The smallest absolute Gasteiger partial charge is 0.255 e. The van der Waals surface area contributed by atoms with Gasteiger partial charge in [-0.2, -0.15) is 0 Å². The molecule has 0 aromatic heterocycles. The fourth-order valence-electron chi connectivity index (χ4n) is 2.32. The Labute approximate surface area is 127 Å². The van der Waals surface area contributed by atoms with Gasteiger partial charge in [0.15, 0.2) is 0 Å². The van der Waals surface area contributed by atoms with Gasteiger partial charge in [0, 0.05) is 18.8 Å². The van der Waals surface area contributed by atoms with Crippen LogP contribution < -0.4 is 5.73 Å². The van der Waals surface area contributed by atoms with Crippen molar-refractivity contribution in [3.05, 3.63) is 29.6 Å². The second kappa shape index (κ2) is 9.37. The highest BCUT2D eigenvalue weighted by molar-refractivity contribution is 5.99. The number of amides is 1. The molecule has 0 saturated carbocycles. The van der Waals surface area contributed by atoms with E-state index < -0.39 is 5.82 Å². The van der Waals surface area contributed by atoms with Crippen LogP contribution in [0.25, 0.3) is 0 Å². The summed E-state index contributed by atoms with van der Waals surface area (Å²) < 4.78 is 13.1. The highest BCUT2D eigenvalue weighted by Gasteiger charge is 2.17. The number of nitrogens with two attached hydrogens (primary N) is 1. The van der Waals surface area contributed by atoms with Gasteiger partial charge >= 0.3 is 0 Å². The van der Waals surface area contributed by atoms with Gasteiger partial charge in [0.05, 0.1) is 5.56 Å². The molecule has 4 heteroatoms. The summed E-state index contributed by atoms with van der Waals surface area (Å²) in [6.45, 7) is 5.77. The largest absolute Gasteiger partial charge is 0.398 e. The molecule has 0 atom stereocenters. The molecule has 0 fully saturated rings. The van der Waals surface area contributed by atoms with E-state index in [1.165, 1.54) is 18.2 Å². The van der Waals surface area contributed by atoms with Gasteiger partial charge in [-0.3, -0.25) is 4.79 Å². The Bertz CT molecular complexity index is 438. The fourth-order valence-corrected chi connectivity index (χ4v) is 2.32. The van der Waals surface area contributed by atoms with Gasteiger partial charge in [-0.05, 0) is 31.0 Å². The molecule has 0 aliphatic rings. The van der Waals surface area contributed by atoms with Gasteiger partial charge < -0.3 is 10.6 Å². The minimum absolute atomic E-state index is 0.0836. The molecule has 0 spiro atoms. The van der Waals surface area contributed by atoms with Crippen LogP contribution in [0.1, 0.15) is 62.7 Å². The van der Waals surface area contributed by atoms with Crippen molar-refractivity contribution in [3.63, 3.8) is 0 Å². The molecule has 1 aromatic rings. The maximum absolute atomic E-state index is 13.1. The molecule has 1 amide bonds. The Morgan fingerprint density at radius 1 is 1.10 bits per heavy atom. The number of halogens is 1. The Hall–Kier alpha value is -1.58. The van der Waals surface area contributed by atoms with E-state index in [4.69, 9.17) is 5.73 Å². The zero-order valence-corrected chi connectivity index (χ0v) is 13.2. The predicted molar refractivity (Wildman–Crippen MR) is 85.8 cm³/mol. The number of carbonyl (C=O) groups is 1. The number of rotatable bonds is 9. The zero-order chi connectivity index (χ0) is 15.7. The predicted octanol–water partition coefficient (Wildman–Crippen LogP) is 4.23. The summed E-state index contributed by atoms with van der Waals surface area (Å²) in [6.07, 6.45) is 6.45. The van der Waals surface area contributed by atoms with Crippen molar-refractivity contribution in [2.45, 2.75) is 52.4 Å². The van der Waals surface area contributed by atoms with Crippen molar-refractivity contribution in [1.29, 1.82) is 0 Å². The molecular weight excluding hydrogens is 267 g/mol. The van der Waals surface area contributed by atoms with Crippen LogP contribution in [-0.4, -0.2) is 23.9 Å².